The highest BCUT2D eigenvalue weighted by Crippen LogP contribution is 2.20. The molecule has 2 rings (SSSR count). The Morgan fingerprint density at radius 1 is 1.65 bits per heavy atom. The molecule has 96 valence electrons. The number of ether oxygens (including phenoxy) is 1. The molecule has 17 heavy (non-hydrogen) atoms. The van der Waals surface area contributed by atoms with Crippen LogP contribution in [0, 0.1) is 0 Å². The zero-order chi connectivity index (χ0) is 12.5. The van der Waals surface area contributed by atoms with Crippen LogP contribution in [0.5, 0.6) is 0 Å². The Kier molecular flexibility index (Phi) is 3.86. The first kappa shape index (κ1) is 13.0. The molecule has 1 aliphatic heterocycles. The fraction of sp³-hybridized carbons (Fsp3) is 0.667. The first-order valence-electron chi connectivity index (χ1n) is 5.21. The molecule has 1 saturated heterocycles. The van der Waals surface area contributed by atoms with Gasteiger partial charge in [-0.05, 0) is 6.07 Å². The third-order valence-electron chi connectivity index (χ3n) is 2.70. The van der Waals surface area contributed by atoms with Crippen molar-refractivity contribution < 1.29 is 13.2 Å². The van der Waals surface area contributed by atoms with Gasteiger partial charge in [0.1, 0.15) is 0 Å². The highest BCUT2D eigenvalue weighted by atomic mass is 79.9. The van der Waals surface area contributed by atoms with Crippen LogP contribution in [0.2, 0.25) is 0 Å². The Morgan fingerprint density at radius 2 is 2.41 bits per heavy atom. The minimum atomic E-state index is -3.49. The van der Waals surface area contributed by atoms with Crippen LogP contribution in [0.15, 0.2) is 17.3 Å². The summed E-state index contributed by atoms with van der Waals surface area (Å²) in [7, 11) is -1.87. The first-order chi connectivity index (χ1) is 8.07. The molecule has 0 saturated carbocycles. The van der Waals surface area contributed by atoms with Crippen molar-refractivity contribution in [2.45, 2.75) is 11.1 Å². The summed E-state index contributed by atoms with van der Waals surface area (Å²) in [5.74, 6) is 0. The van der Waals surface area contributed by atoms with E-state index in [9.17, 15) is 8.42 Å². The summed E-state index contributed by atoms with van der Waals surface area (Å²) in [6.07, 6.45) is 1.48. The number of morpholine rings is 1. The zero-order valence-electron chi connectivity index (χ0n) is 9.41. The number of alkyl halides is 1. The van der Waals surface area contributed by atoms with E-state index in [0.29, 0.717) is 25.1 Å². The van der Waals surface area contributed by atoms with Crippen molar-refractivity contribution in [2.24, 2.45) is 7.05 Å². The van der Waals surface area contributed by atoms with Gasteiger partial charge in [-0.25, -0.2) is 8.42 Å². The Balaban J connectivity index is 2.34. The highest BCUT2D eigenvalue weighted by molar-refractivity contribution is 9.09. The second kappa shape index (κ2) is 5.05. The predicted octanol–water partition coefficient (Wildman–Crippen LogP) is 0.205. The van der Waals surface area contributed by atoms with E-state index in [1.54, 1.807) is 7.05 Å². The van der Waals surface area contributed by atoms with Gasteiger partial charge in [-0.1, -0.05) is 15.9 Å². The maximum atomic E-state index is 12.4. The van der Waals surface area contributed by atoms with Crippen LogP contribution >= 0.6 is 15.9 Å². The summed E-state index contributed by atoms with van der Waals surface area (Å²) in [4.78, 5) is 0. The third kappa shape index (κ3) is 2.40. The van der Waals surface area contributed by atoms with Gasteiger partial charge in [0.2, 0.25) is 0 Å². The van der Waals surface area contributed by atoms with Crippen LogP contribution in [0.25, 0.3) is 0 Å². The lowest BCUT2D eigenvalue weighted by molar-refractivity contribution is 0.0411. The fourth-order valence-electron chi connectivity index (χ4n) is 1.81. The van der Waals surface area contributed by atoms with Crippen LogP contribution in [0.3, 0.4) is 0 Å². The quantitative estimate of drug-likeness (QED) is 0.746. The van der Waals surface area contributed by atoms with E-state index in [4.69, 9.17) is 4.74 Å². The van der Waals surface area contributed by atoms with Gasteiger partial charge < -0.3 is 4.74 Å². The summed E-state index contributed by atoms with van der Waals surface area (Å²) in [6.45, 7) is 1.23. The van der Waals surface area contributed by atoms with Gasteiger partial charge in [0.05, 0.1) is 25.5 Å². The van der Waals surface area contributed by atoms with Crippen LogP contribution in [0.4, 0.5) is 0 Å². The Labute approximate surface area is 109 Å². The summed E-state index contributed by atoms with van der Waals surface area (Å²) in [6, 6.07) is 1.35. The van der Waals surface area contributed by atoms with Crippen molar-refractivity contribution in [3.63, 3.8) is 0 Å². The number of halogens is 1. The van der Waals surface area contributed by atoms with Crippen molar-refractivity contribution in [2.75, 3.05) is 25.1 Å². The van der Waals surface area contributed by atoms with Gasteiger partial charge >= 0.3 is 0 Å². The van der Waals surface area contributed by atoms with Crippen molar-refractivity contribution >= 4 is 26.0 Å². The molecule has 1 aromatic heterocycles. The molecule has 0 spiro atoms. The summed E-state index contributed by atoms with van der Waals surface area (Å²) in [5, 5.41) is 4.67. The number of nitrogens with zero attached hydrogens (tertiary/aromatic N) is 3. The third-order valence-corrected chi connectivity index (χ3v) is 5.48. The molecule has 0 radical (unpaired) electrons. The minimum Gasteiger partial charge on any atom is -0.378 e. The summed E-state index contributed by atoms with van der Waals surface area (Å²) in [5.41, 5.74) is 0. The van der Waals surface area contributed by atoms with Gasteiger partial charge in [0, 0.05) is 18.9 Å². The van der Waals surface area contributed by atoms with Crippen molar-refractivity contribution in [3.05, 3.63) is 12.3 Å². The number of hydrogen-bond donors (Lipinski definition) is 0. The lowest BCUT2D eigenvalue weighted by Crippen LogP contribution is -2.49. The number of aryl methyl sites for hydroxylation is 1. The molecule has 6 nitrogen and oxygen atoms in total. The molecule has 1 atom stereocenters. The van der Waals surface area contributed by atoms with E-state index >= 15 is 0 Å². The van der Waals surface area contributed by atoms with Gasteiger partial charge in [0.25, 0.3) is 10.0 Å². The molecule has 0 aromatic carbocycles. The average molecular weight is 324 g/mol. The number of aromatic nitrogens is 2. The fourth-order valence-corrected chi connectivity index (χ4v) is 4.24. The molecule has 1 aromatic rings. The van der Waals surface area contributed by atoms with E-state index in [-0.39, 0.29) is 11.1 Å². The maximum absolute atomic E-state index is 12.4. The monoisotopic (exact) mass is 323 g/mol. The summed E-state index contributed by atoms with van der Waals surface area (Å²) >= 11 is 3.32. The van der Waals surface area contributed by atoms with E-state index in [1.165, 1.54) is 21.3 Å². The zero-order valence-corrected chi connectivity index (χ0v) is 11.8. The van der Waals surface area contributed by atoms with Crippen molar-refractivity contribution in [1.29, 1.82) is 0 Å². The molecule has 0 amide bonds. The van der Waals surface area contributed by atoms with Crippen LogP contribution in [0.1, 0.15) is 0 Å². The standard InChI is InChI=1S/C9H14BrN3O3S/c1-12-9(2-3-11-12)17(14,15)13-4-5-16-7-8(13)6-10/h2-3,8H,4-7H2,1H3. The van der Waals surface area contributed by atoms with Gasteiger partial charge in [0.15, 0.2) is 5.03 Å². The molecular weight excluding hydrogens is 310 g/mol. The van der Waals surface area contributed by atoms with Crippen LogP contribution < -0.4 is 0 Å². The smallest absolute Gasteiger partial charge is 0.260 e. The molecule has 8 heteroatoms. The molecule has 1 fully saturated rings. The minimum absolute atomic E-state index is 0.163. The van der Waals surface area contributed by atoms with Crippen molar-refractivity contribution in [1.82, 2.24) is 14.1 Å². The Bertz CT molecular complexity index is 487. The topological polar surface area (TPSA) is 64.4 Å². The molecule has 1 unspecified atom stereocenters. The van der Waals surface area contributed by atoms with E-state index in [0.717, 1.165) is 0 Å². The maximum Gasteiger partial charge on any atom is 0.260 e. The summed E-state index contributed by atoms with van der Waals surface area (Å²) < 4.78 is 33.0. The number of sulfonamides is 1. The lowest BCUT2D eigenvalue weighted by atomic mass is 10.3. The van der Waals surface area contributed by atoms with E-state index in [2.05, 4.69) is 21.0 Å². The highest BCUT2D eigenvalue weighted by Gasteiger charge is 2.34. The lowest BCUT2D eigenvalue weighted by Gasteiger charge is -2.33. The van der Waals surface area contributed by atoms with Gasteiger partial charge in [-0.3, -0.25) is 4.68 Å². The molecular formula is C9H14BrN3O3S. The van der Waals surface area contributed by atoms with E-state index in [1.807, 2.05) is 0 Å². The largest absolute Gasteiger partial charge is 0.378 e. The molecule has 0 aliphatic carbocycles. The Morgan fingerprint density at radius 3 is 3.00 bits per heavy atom. The molecule has 0 bridgehead atoms. The Hall–Kier alpha value is -0.440. The van der Waals surface area contributed by atoms with Crippen LogP contribution in [-0.4, -0.2) is 53.6 Å². The van der Waals surface area contributed by atoms with Crippen molar-refractivity contribution in [3.8, 4) is 0 Å². The second-order valence-electron chi connectivity index (χ2n) is 3.79. The molecule has 0 N–H and O–H groups in total. The second-order valence-corrected chi connectivity index (χ2v) is 6.28. The molecule has 2 heterocycles. The SMILES string of the molecule is Cn1nccc1S(=O)(=O)N1CCOCC1CBr. The van der Waals surface area contributed by atoms with Crippen LogP contribution in [-0.2, 0) is 21.8 Å². The molecule has 1 aliphatic rings. The van der Waals surface area contributed by atoms with E-state index < -0.39 is 10.0 Å². The normalized spacial score (nSPS) is 22.8. The number of rotatable bonds is 3. The van der Waals surface area contributed by atoms with Gasteiger partial charge in [-0.15, -0.1) is 0 Å². The van der Waals surface area contributed by atoms with Gasteiger partial charge in [-0.2, -0.15) is 9.40 Å². The predicted molar refractivity (Wildman–Crippen MR) is 65.5 cm³/mol. The number of hydrogen-bond acceptors (Lipinski definition) is 4. The average Bonchev–Trinajstić information content (AvgIpc) is 2.76. The first-order valence-corrected chi connectivity index (χ1v) is 7.77.